The predicted molar refractivity (Wildman–Crippen MR) is 97.8 cm³/mol. The van der Waals surface area contributed by atoms with Gasteiger partial charge in [0, 0.05) is 30.7 Å². The SMILES string of the molecule is COc1ccccc1C(Nc1ccc(C#N)c(C(F)(F)F)c1)c1nccn1C. The number of aromatic nitrogens is 2. The van der Waals surface area contributed by atoms with Crippen LogP contribution in [-0.2, 0) is 13.2 Å². The number of nitriles is 1. The van der Waals surface area contributed by atoms with Gasteiger partial charge in [-0.1, -0.05) is 18.2 Å². The first-order valence-corrected chi connectivity index (χ1v) is 8.33. The number of rotatable bonds is 5. The summed E-state index contributed by atoms with van der Waals surface area (Å²) in [7, 11) is 3.32. The van der Waals surface area contributed by atoms with E-state index in [1.54, 1.807) is 42.2 Å². The van der Waals surface area contributed by atoms with E-state index in [4.69, 9.17) is 10.00 Å². The topological polar surface area (TPSA) is 62.9 Å². The Hall–Kier alpha value is -3.47. The van der Waals surface area contributed by atoms with Crippen LogP contribution in [0.2, 0.25) is 0 Å². The van der Waals surface area contributed by atoms with Crippen LogP contribution in [0.4, 0.5) is 18.9 Å². The Morgan fingerprint density at radius 2 is 1.96 bits per heavy atom. The van der Waals surface area contributed by atoms with Gasteiger partial charge in [0.05, 0.1) is 24.3 Å². The summed E-state index contributed by atoms with van der Waals surface area (Å²) in [5, 5.41) is 12.1. The van der Waals surface area contributed by atoms with Gasteiger partial charge in [0.2, 0.25) is 0 Å². The maximum Gasteiger partial charge on any atom is 0.417 e. The molecule has 3 rings (SSSR count). The Morgan fingerprint density at radius 1 is 1.21 bits per heavy atom. The molecule has 0 aliphatic carbocycles. The van der Waals surface area contributed by atoms with Crippen molar-refractivity contribution < 1.29 is 17.9 Å². The average Bonchev–Trinajstić information content (AvgIpc) is 3.11. The number of anilines is 1. The number of aryl methyl sites for hydroxylation is 1. The Morgan fingerprint density at radius 3 is 2.57 bits per heavy atom. The lowest BCUT2D eigenvalue weighted by Crippen LogP contribution is -2.18. The van der Waals surface area contributed by atoms with Gasteiger partial charge in [-0.25, -0.2) is 4.98 Å². The van der Waals surface area contributed by atoms with E-state index in [-0.39, 0.29) is 5.69 Å². The van der Waals surface area contributed by atoms with Crippen LogP contribution in [0, 0.1) is 11.3 Å². The first kappa shape index (κ1) is 19.3. The highest BCUT2D eigenvalue weighted by Gasteiger charge is 2.34. The molecule has 1 N–H and O–H groups in total. The number of methoxy groups -OCH3 is 1. The minimum Gasteiger partial charge on any atom is -0.496 e. The van der Waals surface area contributed by atoms with Gasteiger partial charge >= 0.3 is 6.18 Å². The summed E-state index contributed by atoms with van der Waals surface area (Å²) in [6.45, 7) is 0. The Labute approximate surface area is 160 Å². The second-order valence-electron chi connectivity index (χ2n) is 6.09. The molecular weight excluding hydrogens is 369 g/mol. The lowest BCUT2D eigenvalue weighted by Gasteiger charge is -2.23. The van der Waals surface area contributed by atoms with E-state index < -0.39 is 23.3 Å². The molecule has 2 aromatic carbocycles. The van der Waals surface area contributed by atoms with Crippen LogP contribution in [-0.4, -0.2) is 16.7 Å². The number of imidazole rings is 1. The number of alkyl halides is 3. The third-order valence-corrected chi connectivity index (χ3v) is 4.32. The fourth-order valence-electron chi connectivity index (χ4n) is 2.97. The van der Waals surface area contributed by atoms with Crippen LogP contribution in [0.1, 0.15) is 28.6 Å². The minimum absolute atomic E-state index is 0.213. The largest absolute Gasteiger partial charge is 0.496 e. The molecule has 0 radical (unpaired) electrons. The van der Waals surface area contributed by atoms with Crippen molar-refractivity contribution in [3.8, 4) is 11.8 Å². The summed E-state index contributed by atoms with van der Waals surface area (Å²) >= 11 is 0. The highest BCUT2D eigenvalue weighted by atomic mass is 19.4. The summed E-state index contributed by atoms with van der Waals surface area (Å²) in [4.78, 5) is 4.34. The molecule has 1 atom stereocenters. The van der Waals surface area contributed by atoms with E-state index in [0.717, 1.165) is 17.7 Å². The zero-order valence-corrected chi connectivity index (χ0v) is 15.2. The first-order chi connectivity index (χ1) is 13.3. The highest BCUT2D eigenvalue weighted by molar-refractivity contribution is 5.56. The van der Waals surface area contributed by atoms with Crippen LogP contribution < -0.4 is 10.1 Å². The number of benzene rings is 2. The van der Waals surface area contributed by atoms with E-state index >= 15 is 0 Å². The Balaban J connectivity index is 2.09. The number of hydrogen-bond acceptors (Lipinski definition) is 4. The molecule has 0 bridgehead atoms. The van der Waals surface area contributed by atoms with Crippen LogP contribution in [0.5, 0.6) is 5.75 Å². The number of halogens is 3. The monoisotopic (exact) mass is 386 g/mol. The van der Waals surface area contributed by atoms with Gasteiger partial charge in [0.25, 0.3) is 0 Å². The Bertz CT molecular complexity index is 1020. The van der Waals surface area contributed by atoms with Gasteiger partial charge in [0.15, 0.2) is 0 Å². The van der Waals surface area contributed by atoms with Gasteiger partial charge in [-0.2, -0.15) is 18.4 Å². The number of hydrogen-bond donors (Lipinski definition) is 1. The van der Waals surface area contributed by atoms with Gasteiger partial charge in [0.1, 0.15) is 17.6 Å². The normalized spacial score (nSPS) is 12.3. The van der Waals surface area contributed by atoms with Crippen molar-refractivity contribution >= 4 is 5.69 Å². The summed E-state index contributed by atoms with van der Waals surface area (Å²) in [5.74, 6) is 1.18. The highest BCUT2D eigenvalue weighted by Crippen LogP contribution is 2.36. The van der Waals surface area contributed by atoms with Crippen molar-refractivity contribution in [2.24, 2.45) is 7.05 Å². The molecule has 8 heteroatoms. The molecule has 28 heavy (non-hydrogen) atoms. The number of nitrogens with zero attached hydrogens (tertiary/aromatic N) is 3. The van der Waals surface area contributed by atoms with Crippen LogP contribution >= 0.6 is 0 Å². The lowest BCUT2D eigenvalue weighted by molar-refractivity contribution is -0.137. The van der Waals surface area contributed by atoms with E-state index in [1.165, 1.54) is 13.2 Å². The summed E-state index contributed by atoms with van der Waals surface area (Å²) < 4.78 is 47.1. The van der Waals surface area contributed by atoms with Gasteiger partial charge in [-0.15, -0.1) is 0 Å². The zero-order valence-electron chi connectivity index (χ0n) is 15.2. The molecule has 144 valence electrons. The van der Waals surface area contributed by atoms with Crippen molar-refractivity contribution in [1.29, 1.82) is 5.26 Å². The second-order valence-corrected chi connectivity index (χ2v) is 6.09. The minimum atomic E-state index is -4.63. The molecule has 0 saturated carbocycles. The van der Waals surface area contributed by atoms with Crippen molar-refractivity contribution in [3.05, 3.63) is 77.4 Å². The third kappa shape index (κ3) is 3.78. The molecule has 0 saturated heterocycles. The van der Waals surface area contributed by atoms with Crippen LogP contribution in [0.3, 0.4) is 0 Å². The summed E-state index contributed by atoms with van der Waals surface area (Å²) in [5.41, 5.74) is -0.482. The molecule has 3 aromatic rings. The molecule has 0 aliphatic rings. The maximum atomic E-state index is 13.3. The molecule has 0 amide bonds. The van der Waals surface area contributed by atoms with E-state index in [1.807, 2.05) is 12.1 Å². The first-order valence-electron chi connectivity index (χ1n) is 8.33. The predicted octanol–water partition coefficient (Wildman–Crippen LogP) is 4.52. The molecule has 0 aliphatic heterocycles. The maximum absolute atomic E-state index is 13.3. The molecule has 1 unspecified atom stereocenters. The summed E-state index contributed by atoms with van der Waals surface area (Å²) in [6.07, 6.45) is -1.27. The number of ether oxygens (including phenoxy) is 1. The quantitative estimate of drug-likeness (QED) is 0.700. The number of nitrogens with one attached hydrogen (secondary N) is 1. The van der Waals surface area contributed by atoms with Crippen molar-refractivity contribution in [3.63, 3.8) is 0 Å². The molecular formula is C20H17F3N4O. The molecule has 0 fully saturated rings. The molecule has 1 aromatic heterocycles. The van der Waals surface area contributed by atoms with Gasteiger partial charge in [-0.05, 0) is 24.3 Å². The molecule has 1 heterocycles. The average molecular weight is 386 g/mol. The molecule has 0 spiro atoms. The van der Waals surface area contributed by atoms with Gasteiger partial charge < -0.3 is 14.6 Å². The Kier molecular flexibility index (Phi) is 5.27. The van der Waals surface area contributed by atoms with E-state index in [0.29, 0.717) is 11.6 Å². The van der Waals surface area contributed by atoms with E-state index in [9.17, 15) is 13.2 Å². The molecule has 5 nitrogen and oxygen atoms in total. The van der Waals surface area contributed by atoms with Crippen molar-refractivity contribution in [2.75, 3.05) is 12.4 Å². The van der Waals surface area contributed by atoms with Crippen LogP contribution in [0.15, 0.2) is 54.9 Å². The van der Waals surface area contributed by atoms with Crippen molar-refractivity contribution in [2.45, 2.75) is 12.2 Å². The van der Waals surface area contributed by atoms with Gasteiger partial charge in [-0.3, -0.25) is 0 Å². The lowest BCUT2D eigenvalue weighted by atomic mass is 10.0. The fourth-order valence-corrected chi connectivity index (χ4v) is 2.97. The fraction of sp³-hybridized carbons (Fsp3) is 0.200. The third-order valence-electron chi connectivity index (χ3n) is 4.32. The van der Waals surface area contributed by atoms with Crippen LogP contribution in [0.25, 0.3) is 0 Å². The standard InChI is InChI=1S/C20H17F3N4O/c1-27-10-9-25-19(27)18(15-5-3-4-6-17(15)28-2)26-14-8-7-13(12-24)16(11-14)20(21,22)23/h3-11,18,26H,1-2H3. The van der Waals surface area contributed by atoms with Crippen molar-refractivity contribution in [1.82, 2.24) is 9.55 Å². The number of para-hydroxylation sites is 1. The second kappa shape index (κ2) is 7.64. The van der Waals surface area contributed by atoms with E-state index in [2.05, 4.69) is 10.3 Å². The zero-order chi connectivity index (χ0) is 20.3. The summed E-state index contributed by atoms with van der Waals surface area (Å²) in [6, 6.07) is 11.8. The smallest absolute Gasteiger partial charge is 0.417 e.